The summed E-state index contributed by atoms with van der Waals surface area (Å²) < 4.78 is 10.8. The minimum atomic E-state index is 0.344. The molecule has 0 aliphatic carbocycles. The smallest absolute Gasteiger partial charge is 0.161 e. The Hall–Kier alpha value is -2.51. The Labute approximate surface area is 143 Å². The molecule has 1 saturated heterocycles. The van der Waals surface area contributed by atoms with Crippen molar-refractivity contribution >= 4 is 0 Å². The molecule has 1 unspecified atom stereocenters. The Morgan fingerprint density at radius 1 is 1.12 bits per heavy atom. The first-order valence-corrected chi connectivity index (χ1v) is 8.20. The number of nitrogens with zero attached hydrogens (tertiary/aromatic N) is 2. The van der Waals surface area contributed by atoms with Gasteiger partial charge in [-0.05, 0) is 48.7 Å². The van der Waals surface area contributed by atoms with Crippen LogP contribution in [-0.2, 0) is 6.54 Å². The van der Waals surface area contributed by atoms with Crippen molar-refractivity contribution in [2.24, 2.45) is 0 Å². The van der Waals surface area contributed by atoms with Crippen LogP contribution in [0.2, 0.25) is 0 Å². The second-order valence-electron chi connectivity index (χ2n) is 6.01. The summed E-state index contributed by atoms with van der Waals surface area (Å²) in [5.41, 5.74) is 3.09. The van der Waals surface area contributed by atoms with Crippen LogP contribution in [0.25, 0.3) is 0 Å². The number of nitriles is 1. The zero-order valence-corrected chi connectivity index (χ0v) is 14.2. The molecule has 3 rings (SSSR count). The van der Waals surface area contributed by atoms with Gasteiger partial charge in [0.2, 0.25) is 0 Å². The third-order valence-corrected chi connectivity index (χ3v) is 4.67. The van der Waals surface area contributed by atoms with Crippen molar-refractivity contribution in [3.8, 4) is 17.6 Å². The summed E-state index contributed by atoms with van der Waals surface area (Å²) in [6.45, 7) is 1.83. The molecule has 4 heteroatoms. The highest BCUT2D eigenvalue weighted by molar-refractivity contribution is 5.44. The molecule has 2 aromatic rings. The SMILES string of the molecule is COc1ccc(C2CCCN2Cc2ccccc2C#N)cc1OC. The fraction of sp³-hybridized carbons (Fsp3) is 0.350. The number of hydrogen-bond donors (Lipinski definition) is 0. The molecule has 1 fully saturated rings. The molecule has 0 bridgehead atoms. The van der Waals surface area contributed by atoms with Crippen LogP contribution < -0.4 is 9.47 Å². The van der Waals surface area contributed by atoms with Crippen LogP contribution >= 0.6 is 0 Å². The highest BCUT2D eigenvalue weighted by Gasteiger charge is 2.27. The summed E-state index contributed by atoms with van der Waals surface area (Å²) >= 11 is 0. The predicted octanol–water partition coefficient (Wildman–Crippen LogP) is 3.91. The third-order valence-electron chi connectivity index (χ3n) is 4.67. The topological polar surface area (TPSA) is 45.5 Å². The molecule has 1 aliphatic rings. The fourth-order valence-corrected chi connectivity index (χ4v) is 3.44. The maximum Gasteiger partial charge on any atom is 0.161 e. The minimum absolute atomic E-state index is 0.344. The van der Waals surface area contributed by atoms with Gasteiger partial charge in [0.25, 0.3) is 0 Å². The van der Waals surface area contributed by atoms with Gasteiger partial charge < -0.3 is 9.47 Å². The summed E-state index contributed by atoms with van der Waals surface area (Å²) in [5.74, 6) is 1.51. The maximum absolute atomic E-state index is 9.30. The summed E-state index contributed by atoms with van der Waals surface area (Å²) in [6, 6.07) is 16.6. The Bertz CT molecular complexity index is 752. The molecule has 2 aromatic carbocycles. The predicted molar refractivity (Wildman–Crippen MR) is 93.1 cm³/mol. The van der Waals surface area contributed by atoms with Gasteiger partial charge >= 0.3 is 0 Å². The highest BCUT2D eigenvalue weighted by atomic mass is 16.5. The first kappa shape index (κ1) is 16.4. The van der Waals surface area contributed by atoms with Crippen LogP contribution in [0.3, 0.4) is 0 Å². The summed E-state index contributed by atoms with van der Waals surface area (Å²) in [6.07, 6.45) is 2.28. The molecule has 0 radical (unpaired) electrons. The number of methoxy groups -OCH3 is 2. The second kappa shape index (κ2) is 7.37. The molecule has 0 aromatic heterocycles. The van der Waals surface area contributed by atoms with Crippen molar-refractivity contribution in [3.63, 3.8) is 0 Å². The number of likely N-dealkylation sites (tertiary alicyclic amines) is 1. The molecular weight excluding hydrogens is 300 g/mol. The van der Waals surface area contributed by atoms with Gasteiger partial charge in [0.1, 0.15) is 0 Å². The Morgan fingerprint density at radius 3 is 2.67 bits per heavy atom. The Balaban J connectivity index is 1.85. The molecule has 1 aliphatic heterocycles. The molecule has 24 heavy (non-hydrogen) atoms. The molecular formula is C20H22N2O2. The molecule has 0 amide bonds. The van der Waals surface area contributed by atoms with Crippen LogP contribution in [0.15, 0.2) is 42.5 Å². The summed E-state index contributed by atoms with van der Waals surface area (Å²) in [5, 5.41) is 9.30. The van der Waals surface area contributed by atoms with E-state index in [2.05, 4.69) is 23.1 Å². The van der Waals surface area contributed by atoms with Crippen LogP contribution in [0.4, 0.5) is 0 Å². The van der Waals surface area contributed by atoms with E-state index in [4.69, 9.17) is 9.47 Å². The lowest BCUT2D eigenvalue weighted by molar-refractivity contribution is 0.247. The minimum Gasteiger partial charge on any atom is -0.493 e. The van der Waals surface area contributed by atoms with Gasteiger partial charge in [0.05, 0.1) is 25.9 Å². The molecule has 1 heterocycles. The van der Waals surface area contributed by atoms with Gasteiger partial charge in [-0.2, -0.15) is 5.26 Å². The third kappa shape index (κ3) is 3.22. The van der Waals surface area contributed by atoms with Crippen LogP contribution in [0, 0.1) is 11.3 Å². The lowest BCUT2D eigenvalue weighted by atomic mass is 10.0. The second-order valence-corrected chi connectivity index (χ2v) is 6.01. The van der Waals surface area contributed by atoms with Crippen LogP contribution in [-0.4, -0.2) is 25.7 Å². The molecule has 0 saturated carbocycles. The van der Waals surface area contributed by atoms with E-state index in [-0.39, 0.29) is 0 Å². The maximum atomic E-state index is 9.30. The van der Waals surface area contributed by atoms with Crippen LogP contribution in [0.5, 0.6) is 11.5 Å². The van der Waals surface area contributed by atoms with Crippen molar-refractivity contribution in [2.45, 2.75) is 25.4 Å². The van der Waals surface area contributed by atoms with Crippen molar-refractivity contribution in [2.75, 3.05) is 20.8 Å². The number of rotatable bonds is 5. The van der Waals surface area contributed by atoms with Gasteiger partial charge in [0, 0.05) is 12.6 Å². The fourth-order valence-electron chi connectivity index (χ4n) is 3.44. The summed E-state index contributed by atoms with van der Waals surface area (Å²) in [4.78, 5) is 2.44. The molecule has 4 nitrogen and oxygen atoms in total. The van der Waals surface area contributed by atoms with Crippen molar-refractivity contribution in [1.29, 1.82) is 5.26 Å². The average Bonchev–Trinajstić information content (AvgIpc) is 3.09. The van der Waals surface area contributed by atoms with Crippen molar-refractivity contribution in [3.05, 3.63) is 59.2 Å². The Kier molecular flexibility index (Phi) is 5.02. The zero-order chi connectivity index (χ0) is 16.9. The van der Waals surface area contributed by atoms with E-state index in [0.717, 1.165) is 48.6 Å². The molecule has 0 spiro atoms. The lowest BCUT2D eigenvalue weighted by Crippen LogP contribution is -2.23. The standard InChI is InChI=1S/C20H22N2O2/c1-23-19-10-9-15(12-20(19)24-2)18-8-5-11-22(18)14-17-7-4-3-6-16(17)13-21/h3-4,6-7,9-10,12,18H,5,8,11,14H2,1-2H3. The number of ether oxygens (including phenoxy) is 2. The molecule has 1 atom stereocenters. The highest BCUT2D eigenvalue weighted by Crippen LogP contribution is 2.37. The van der Waals surface area contributed by atoms with Gasteiger partial charge in [-0.3, -0.25) is 4.90 Å². The lowest BCUT2D eigenvalue weighted by Gasteiger charge is -2.26. The van der Waals surface area contributed by atoms with Crippen molar-refractivity contribution < 1.29 is 9.47 Å². The van der Waals surface area contributed by atoms with E-state index >= 15 is 0 Å². The van der Waals surface area contributed by atoms with Crippen LogP contribution in [0.1, 0.15) is 35.6 Å². The Morgan fingerprint density at radius 2 is 1.92 bits per heavy atom. The van der Waals surface area contributed by atoms with Gasteiger partial charge in [-0.1, -0.05) is 24.3 Å². The molecule has 124 valence electrons. The largest absolute Gasteiger partial charge is 0.493 e. The van der Waals surface area contributed by atoms with Crippen molar-refractivity contribution in [1.82, 2.24) is 4.90 Å². The van der Waals surface area contributed by atoms with Gasteiger partial charge in [0.15, 0.2) is 11.5 Å². The van der Waals surface area contributed by atoms with E-state index in [1.54, 1.807) is 14.2 Å². The van der Waals surface area contributed by atoms with E-state index < -0.39 is 0 Å². The quantitative estimate of drug-likeness (QED) is 0.837. The summed E-state index contributed by atoms with van der Waals surface area (Å²) in [7, 11) is 3.31. The molecule has 0 N–H and O–H groups in total. The number of hydrogen-bond acceptors (Lipinski definition) is 4. The monoisotopic (exact) mass is 322 g/mol. The van der Waals surface area contributed by atoms with E-state index in [9.17, 15) is 5.26 Å². The zero-order valence-electron chi connectivity index (χ0n) is 14.2. The van der Waals surface area contributed by atoms with Gasteiger partial charge in [-0.25, -0.2) is 0 Å². The van der Waals surface area contributed by atoms with E-state index in [1.807, 2.05) is 30.3 Å². The van der Waals surface area contributed by atoms with E-state index in [1.165, 1.54) is 5.56 Å². The normalized spacial score (nSPS) is 17.5. The average molecular weight is 322 g/mol. The van der Waals surface area contributed by atoms with E-state index in [0.29, 0.717) is 6.04 Å². The first-order valence-electron chi connectivity index (χ1n) is 8.20. The first-order chi connectivity index (χ1) is 11.8. The number of benzene rings is 2. The van der Waals surface area contributed by atoms with Gasteiger partial charge in [-0.15, -0.1) is 0 Å².